The van der Waals surface area contributed by atoms with Gasteiger partial charge in [-0.2, -0.15) is 4.98 Å². The second kappa shape index (κ2) is 9.55. The smallest absolute Gasteiger partial charge is 0.218 e. The number of rotatable bonds is 10. The number of anilines is 1. The number of hydrogen-bond donors (Lipinski definition) is 1. The van der Waals surface area contributed by atoms with E-state index in [2.05, 4.69) is 29.1 Å². The van der Waals surface area contributed by atoms with Crippen molar-refractivity contribution in [2.24, 2.45) is 0 Å². The van der Waals surface area contributed by atoms with E-state index < -0.39 is 0 Å². The van der Waals surface area contributed by atoms with E-state index in [0.717, 1.165) is 50.5 Å². The van der Waals surface area contributed by atoms with Gasteiger partial charge in [0.2, 0.25) is 5.88 Å². The molecule has 1 aromatic heterocycles. The fourth-order valence-electron chi connectivity index (χ4n) is 1.61. The molecule has 0 spiro atoms. The third kappa shape index (κ3) is 6.38. The maximum Gasteiger partial charge on any atom is 0.218 e. The summed E-state index contributed by atoms with van der Waals surface area (Å²) in [5.41, 5.74) is 0. The number of aryl methyl sites for hydroxylation is 1. The summed E-state index contributed by atoms with van der Waals surface area (Å²) in [7, 11) is 1.71. The summed E-state index contributed by atoms with van der Waals surface area (Å²) in [5.74, 6) is 2.33. The molecule has 0 fully saturated rings. The highest BCUT2D eigenvalue weighted by atomic mass is 16.5. The fraction of sp³-hybridized carbons (Fsp3) is 0.714. The van der Waals surface area contributed by atoms with Crippen LogP contribution in [0.25, 0.3) is 0 Å². The first-order valence-corrected chi connectivity index (χ1v) is 7.03. The minimum atomic E-state index is 0.662. The maximum atomic E-state index is 5.59. The van der Waals surface area contributed by atoms with Crippen LogP contribution in [0.4, 0.5) is 5.82 Å². The molecule has 0 aromatic carbocycles. The third-order valence-corrected chi connectivity index (χ3v) is 2.51. The van der Waals surface area contributed by atoms with Crippen molar-refractivity contribution < 1.29 is 9.47 Å². The van der Waals surface area contributed by atoms with Crippen LogP contribution < -0.4 is 10.1 Å². The number of hydrogen-bond acceptors (Lipinski definition) is 5. The SMILES string of the molecule is CCCOc1cc(NCCCOC)nc(CCC)n1. The van der Waals surface area contributed by atoms with E-state index in [9.17, 15) is 0 Å². The summed E-state index contributed by atoms with van der Waals surface area (Å²) in [6.45, 7) is 6.47. The Labute approximate surface area is 115 Å². The molecule has 19 heavy (non-hydrogen) atoms. The van der Waals surface area contributed by atoms with E-state index in [-0.39, 0.29) is 0 Å². The monoisotopic (exact) mass is 267 g/mol. The number of ether oxygens (including phenoxy) is 2. The highest BCUT2D eigenvalue weighted by Gasteiger charge is 2.05. The number of nitrogens with zero attached hydrogens (tertiary/aromatic N) is 2. The average molecular weight is 267 g/mol. The zero-order valence-corrected chi connectivity index (χ0v) is 12.2. The molecule has 108 valence electrons. The Morgan fingerprint density at radius 1 is 1.16 bits per heavy atom. The average Bonchev–Trinajstić information content (AvgIpc) is 2.42. The standard InChI is InChI=1S/C14H25N3O2/c1-4-7-12-16-13(15-8-6-10-18-3)11-14(17-12)19-9-5-2/h11H,4-10H2,1-3H3,(H,15,16,17). The normalized spacial score (nSPS) is 10.5. The molecular formula is C14H25N3O2. The topological polar surface area (TPSA) is 56.3 Å². The van der Waals surface area contributed by atoms with E-state index in [4.69, 9.17) is 9.47 Å². The molecule has 0 saturated heterocycles. The Morgan fingerprint density at radius 3 is 2.68 bits per heavy atom. The molecule has 1 N–H and O–H groups in total. The van der Waals surface area contributed by atoms with Gasteiger partial charge in [-0.25, -0.2) is 4.98 Å². The lowest BCUT2D eigenvalue weighted by molar-refractivity contribution is 0.197. The fourth-order valence-corrected chi connectivity index (χ4v) is 1.61. The summed E-state index contributed by atoms with van der Waals surface area (Å²) in [6, 6.07) is 1.86. The van der Waals surface area contributed by atoms with Crippen LogP contribution in [0.3, 0.4) is 0 Å². The van der Waals surface area contributed by atoms with Crippen molar-refractivity contribution in [3.63, 3.8) is 0 Å². The number of aromatic nitrogens is 2. The van der Waals surface area contributed by atoms with Crippen LogP contribution in [-0.4, -0.2) is 36.8 Å². The van der Waals surface area contributed by atoms with Gasteiger partial charge in [-0.05, 0) is 19.3 Å². The molecule has 5 heteroatoms. The highest BCUT2D eigenvalue weighted by molar-refractivity contribution is 5.38. The molecule has 1 heterocycles. The van der Waals surface area contributed by atoms with E-state index >= 15 is 0 Å². The van der Waals surface area contributed by atoms with Crippen LogP contribution >= 0.6 is 0 Å². The van der Waals surface area contributed by atoms with Gasteiger partial charge in [-0.1, -0.05) is 13.8 Å². The molecule has 1 aromatic rings. The van der Waals surface area contributed by atoms with Crippen LogP contribution in [0.5, 0.6) is 5.88 Å². The zero-order valence-electron chi connectivity index (χ0n) is 12.2. The number of methoxy groups -OCH3 is 1. The lowest BCUT2D eigenvalue weighted by atomic mass is 10.3. The summed E-state index contributed by atoms with van der Waals surface area (Å²) in [5, 5.41) is 3.28. The summed E-state index contributed by atoms with van der Waals surface area (Å²) in [4.78, 5) is 8.89. The van der Waals surface area contributed by atoms with Crippen molar-refractivity contribution in [3.05, 3.63) is 11.9 Å². The van der Waals surface area contributed by atoms with Crippen molar-refractivity contribution in [1.29, 1.82) is 0 Å². The third-order valence-electron chi connectivity index (χ3n) is 2.51. The van der Waals surface area contributed by atoms with Gasteiger partial charge in [0.25, 0.3) is 0 Å². The Morgan fingerprint density at radius 2 is 2.00 bits per heavy atom. The van der Waals surface area contributed by atoms with Gasteiger partial charge in [0.05, 0.1) is 6.61 Å². The number of nitrogens with one attached hydrogen (secondary N) is 1. The molecule has 0 saturated carbocycles. The zero-order chi connectivity index (χ0) is 13.9. The second-order valence-electron chi connectivity index (χ2n) is 4.38. The largest absolute Gasteiger partial charge is 0.478 e. The first-order chi connectivity index (χ1) is 9.30. The van der Waals surface area contributed by atoms with E-state index in [0.29, 0.717) is 12.5 Å². The lowest BCUT2D eigenvalue weighted by Gasteiger charge is -2.10. The molecule has 0 unspecified atom stereocenters. The van der Waals surface area contributed by atoms with Crippen LogP contribution in [0.15, 0.2) is 6.07 Å². The predicted octanol–water partition coefficient (Wildman–Crippen LogP) is 2.67. The second-order valence-corrected chi connectivity index (χ2v) is 4.38. The summed E-state index contributed by atoms with van der Waals surface area (Å²) < 4.78 is 10.6. The molecule has 0 radical (unpaired) electrons. The molecule has 0 bridgehead atoms. The van der Waals surface area contributed by atoms with Crippen molar-refractivity contribution in [3.8, 4) is 5.88 Å². The highest BCUT2D eigenvalue weighted by Crippen LogP contribution is 2.15. The van der Waals surface area contributed by atoms with E-state index in [1.807, 2.05) is 6.07 Å². The van der Waals surface area contributed by atoms with E-state index in [1.165, 1.54) is 0 Å². The van der Waals surface area contributed by atoms with Crippen molar-refractivity contribution in [2.75, 3.05) is 32.2 Å². The summed E-state index contributed by atoms with van der Waals surface area (Å²) in [6.07, 6.45) is 3.83. The molecule has 0 aliphatic carbocycles. The van der Waals surface area contributed by atoms with E-state index in [1.54, 1.807) is 7.11 Å². The van der Waals surface area contributed by atoms with Gasteiger partial charge < -0.3 is 14.8 Å². The lowest BCUT2D eigenvalue weighted by Crippen LogP contribution is -2.09. The van der Waals surface area contributed by atoms with Crippen molar-refractivity contribution >= 4 is 5.82 Å². The molecular weight excluding hydrogens is 242 g/mol. The van der Waals surface area contributed by atoms with Crippen molar-refractivity contribution in [2.45, 2.75) is 39.5 Å². The van der Waals surface area contributed by atoms with Crippen molar-refractivity contribution in [1.82, 2.24) is 9.97 Å². The molecule has 1 rings (SSSR count). The van der Waals surface area contributed by atoms with Gasteiger partial charge in [-0.3, -0.25) is 0 Å². The first kappa shape index (κ1) is 15.7. The van der Waals surface area contributed by atoms with Gasteiger partial charge in [0.15, 0.2) is 0 Å². The Balaban J connectivity index is 2.63. The van der Waals surface area contributed by atoms with Crippen LogP contribution in [0, 0.1) is 0 Å². The van der Waals surface area contributed by atoms with Crippen LogP contribution in [-0.2, 0) is 11.2 Å². The Kier molecular flexibility index (Phi) is 7.89. The van der Waals surface area contributed by atoms with Gasteiger partial charge >= 0.3 is 0 Å². The van der Waals surface area contributed by atoms with Crippen LogP contribution in [0.1, 0.15) is 38.9 Å². The molecule has 5 nitrogen and oxygen atoms in total. The quantitative estimate of drug-likeness (QED) is 0.660. The van der Waals surface area contributed by atoms with Gasteiger partial charge in [-0.15, -0.1) is 0 Å². The molecule has 0 atom stereocenters. The first-order valence-electron chi connectivity index (χ1n) is 7.03. The minimum Gasteiger partial charge on any atom is -0.478 e. The van der Waals surface area contributed by atoms with Crippen LogP contribution in [0.2, 0.25) is 0 Å². The Bertz CT molecular complexity index is 359. The van der Waals surface area contributed by atoms with Gasteiger partial charge in [0.1, 0.15) is 11.6 Å². The molecule has 0 aliphatic rings. The summed E-state index contributed by atoms with van der Waals surface area (Å²) >= 11 is 0. The molecule has 0 amide bonds. The predicted molar refractivity (Wildman–Crippen MR) is 76.8 cm³/mol. The maximum absolute atomic E-state index is 5.59. The molecule has 0 aliphatic heterocycles. The Hall–Kier alpha value is -1.36. The minimum absolute atomic E-state index is 0.662. The van der Waals surface area contributed by atoms with Gasteiger partial charge in [0, 0.05) is 32.7 Å².